The van der Waals surface area contributed by atoms with Crippen LogP contribution in [0.3, 0.4) is 0 Å². The third-order valence-corrected chi connectivity index (χ3v) is 1.91. The minimum Gasteiger partial charge on any atom is -0.480 e. The van der Waals surface area contributed by atoms with Crippen molar-refractivity contribution < 1.29 is 33.8 Å². The van der Waals surface area contributed by atoms with Crippen LogP contribution in [-0.4, -0.2) is 46.8 Å². The van der Waals surface area contributed by atoms with Crippen LogP contribution >= 0.6 is 0 Å². The van der Waals surface area contributed by atoms with E-state index in [1.807, 2.05) is 0 Å². The fourth-order valence-corrected chi connectivity index (χ4v) is 0.969. The number of ether oxygens (including phenoxy) is 2. The molecule has 0 rings (SSSR count). The Labute approximate surface area is 110 Å². The number of rotatable bonds is 5. The fraction of sp³-hybridized carbons (Fsp3) is 0.636. The van der Waals surface area contributed by atoms with Crippen molar-refractivity contribution in [3.63, 3.8) is 0 Å². The highest BCUT2D eigenvalue weighted by atomic mass is 16.7. The first-order valence-corrected chi connectivity index (χ1v) is 5.56. The van der Waals surface area contributed by atoms with Gasteiger partial charge >= 0.3 is 18.0 Å². The first kappa shape index (κ1) is 16.9. The van der Waals surface area contributed by atoms with Gasteiger partial charge in [0, 0.05) is 13.8 Å². The minimum atomic E-state index is -1.36. The summed E-state index contributed by atoms with van der Waals surface area (Å²) >= 11 is 0. The van der Waals surface area contributed by atoms with Crippen LogP contribution in [0, 0.1) is 5.92 Å². The topological polar surface area (TPSA) is 110 Å². The van der Waals surface area contributed by atoms with Crippen molar-refractivity contribution >= 4 is 23.9 Å². The summed E-state index contributed by atoms with van der Waals surface area (Å²) in [5.41, 5.74) is 0. The zero-order valence-electron chi connectivity index (χ0n) is 11.2. The van der Waals surface area contributed by atoms with Gasteiger partial charge in [0.05, 0.1) is 5.92 Å². The van der Waals surface area contributed by atoms with Gasteiger partial charge in [0.15, 0.2) is 0 Å². The molecular weight excluding hydrogens is 258 g/mol. The van der Waals surface area contributed by atoms with E-state index in [1.54, 1.807) is 13.8 Å². The molecule has 1 N–H and O–H groups in total. The van der Waals surface area contributed by atoms with Gasteiger partial charge in [0.1, 0.15) is 6.54 Å². The molecule has 0 aliphatic rings. The number of carbonyl (C=O) groups is 4. The van der Waals surface area contributed by atoms with Crippen molar-refractivity contribution in [1.82, 2.24) is 4.90 Å². The number of nitrogens with zero attached hydrogens (tertiary/aromatic N) is 1. The Morgan fingerprint density at radius 3 is 2.00 bits per heavy atom. The van der Waals surface area contributed by atoms with E-state index in [0.29, 0.717) is 4.90 Å². The van der Waals surface area contributed by atoms with Crippen molar-refractivity contribution in [1.29, 1.82) is 0 Å². The number of esters is 1. The zero-order valence-corrected chi connectivity index (χ0v) is 11.2. The first-order valence-electron chi connectivity index (χ1n) is 5.56. The molecule has 2 amide bonds. The molecule has 0 aromatic rings. The predicted molar refractivity (Wildman–Crippen MR) is 61.9 cm³/mol. The molecule has 0 aliphatic carbocycles. The second-order valence-corrected chi connectivity index (χ2v) is 4.04. The molecule has 8 heteroatoms. The van der Waals surface area contributed by atoms with E-state index in [2.05, 4.69) is 4.74 Å². The van der Waals surface area contributed by atoms with Gasteiger partial charge in [-0.25, -0.2) is 9.69 Å². The van der Waals surface area contributed by atoms with Crippen LogP contribution < -0.4 is 0 Å². The summed E-state index contributed by atoms with van der Waals surface area (Å²) in [6.45, 7) is 4.69. The minimum absolute atomic E-state index is 0.391. The molecule has 0 fully saturated rings. The third-order valence-electron chi connectivity index (χ3n) is 1.91. The van der Waals surface area contributed by atoms with E-state index in [1.165, 1.54) is 6.92 Å². The average molecular weight is 275 g/mol. The van der Waals surface area contributed by atoms with Crippen LogP contribution in [0.1, 0.15) is 27.7 Å². The quantitative estimate of drug-likeness (QED) is 0.577. The molecule has 0 aromatic heterocycles. The maximum absolute atomic E-state index is 11.5. The van der Waals surface area contributed by atoms with Crippen LogP contribution in [0.5, 0.6) is 0 Å². The Hall–Kier alpha value is -2.12. The Bertz CT molecular complexity index is 377. The van der Waals surface area contributed by atoms with Gasteiger partial charge in [-0.15, -0.1) is 0 Å². The number of carboxylic acids is 1. The van der Waals surface area contributed by atoms with Crippen molar-refractivity contribution in [2.75, 3.05) is 6.54 Å². The Morgan fingerprint density at radius 2 is 1.63 bits per heavy atom. The normalized spacial score (nSPS) is 11.6. The number of imide groups is 1. The first-order chi connectivity index (χ1) is 8.65. The molecule has 0 saturated heterocycles. The number of carbonyl (C=O) groups excluding carboxylic acids is 3. The van der Waals surface area contributed by atoms with E-state index in [0.717, 1.165) is 6.92 Å². The molecule has 8 nitrogen and oxygen atoms in total. The van der Waals surface area contributed by atoms with Crippen LogP contribution in [0.25, 0.3) is 0 Å². The Morgan fingerprint density at radius 1 is 1.11 bits per heavy atom. The largest absolute Gasteiger partial charge is 0.480 e. The van der Waals surface area contributed by atoms with Gasteiger partial charge in [0.2, 0.25) is 12.2 Å². The highest BCUT2D eigenvalue weighted by Gasteiger charge is 2.25. The predicted octanol–water partition coefficient (Wildman–Crippen LogP) is 0.601. The lowest BCUT2D eigenvalue weighted by Gasteiger charge is -2.20. The molecule has 0 radical (unpaired) electrons. The second kappa shape index (κ2) is 7.34. The number of carboxylic acid groups (broad SMARTS) is 1. The lowest BCUT2D eigenvalue weighted by molar-refractivity contribution is -0.170. The number of hydrogen-bond donors (Lipinski definition) is 1. The van der Waals surface area contributed by atoms with E-state index in [-0.39, 0.29) is 0 Å². The zero-order chi connectivity index (χ0) is 15.2. The summed E-state index contributed by atoms with van der Waals surface area (Å²) in [5.74, 6) is -3.12. The Kier molecular flexibility index (Phi) is 6.53. The van der Waals surface area contributed by atoms with E-state index in [4.69, 9.17) is 9.84 Å². The van der Waals surface area contributed by atoms with Gasteiger partial charge < -0.3 is 14.6 Å². The van der Waals surface area contributed by atoms with Gasteiger partial charge in [-0.05, 0) is 0 Å². The molecule has 0 saturated carbocycles. The lowest BCUT2D eigenvalue weighted by Crippen LogP contribution is -2.41. The summed E-state index contributed by atoms with van der Waals surface area (Å²) in [6, 6.07) is 0. The van der Waals surface area contributed by atoms with Crippen molar-refractivity contribution in [3.05, 3.63) is 0 Å². The second-order valence-electron chi connectivity index (χ2n) is 4.04. The van der Waals surface area contributed by atoms with Gasteiger partial charge in [0.25, 0.3) is 0 Å². The maximum atomic E-state index is 11.5. The summed E-state index contributed by atoms with van der Waals surface area (Å²) in [4.78, 5) is 44.7. The average Bonchev–Trinajstić information content (AvgIpc) is 2.24. The summed E-state index contributed by atoms with van der Waals surface area (Å²) in [6.07, 6.45) is -2.39. The highest BCUT2D eigenvalue weighted by molar-refractivity contribution is 5.93. The smallest absolute Gasteiger partial charge is 0.420 e. The van der Waals surface area contributed by atoms with E-state index >= 15 is 0 Å². The van der Waals surface area contributed by atoms with Crippen LogP contribution in [0.15, 0.2) is 0 Å². The standard InChI is InChI=1S/C11H17NO7/c1-6(2)10(16)18-8(4)19-11(17)12(7(3)13)5-9(14)15/h6,8H,5H2,1-4H3,(H,14,15). The molecule has 0 spiro atoms. The summed E-state index contributed by atoms with van der Waals surface area (Å²) < 4.78 is 9.41. The van der Waals surface area contributed by atoms with Crippen molar-refractivity contribution in [2.24, 2.45) is 5.92 Å². The monoisotopic (exact) mass is 275 g/mol. The van der Waals surface area contributed by atoms with E-state index < -0.39 is 42.7 Å². The molecule has 0 heterocycles. The fourth-order valence-electron chi connectivity index (χ4n) is 0.969. The molecule has 1 atom stereocenters. The molecular formula is C11H17NO7. The third kappa shape index (κ3) is 6.39. The summed E-state index contributed by atoms with van der Waals surface area (Å²) in [5, 5.41) is 8.55. The molecule has 1 unspecified atom stereocenters. The van der Waals surface area contributed by atoms with Gasteiger partial charge in [-0.2, -0.15) is 0 Å². The number of amides is 2. The van der Waals surface area contributed by atoms with Gasteiger partial charge in [-0.1, -0.05) is 13.8 Å². The van der Waals surface area contributed by atoms with Gasteiger partial charge in [-0.3, -0.25) is 14.4 Å². The number of hydrogen-bond acceptors (Lipinski definition) is 6. The number of aliphatic carboxylic acids is 1. The molecule has 0 aliphatic heterocycles. The maximum Gasteiger partial charge on any atom is 0.420 e. The Balaban J connectivity index is 4.51. The van der Waals surface area contributed by atoms with Crippen LogP contribution in [0.2, 0.25) is 0 Å². The summed E-state index contributed by atoms with van der Waals surface area (Å²) in [7, 11) is 0. The van der Waals surface area contributed by atoms with Crippen LogP contribution in [-0.2, 0) is 23.9 Å². The van der Waals surface area contributed by atoms with Crippen LogP contribution in [0.4, 0.5) is 4.79 Å². The molecule has 0 bridgehead atoms. The van der Waals surface area contributed by atoms with Crippen molar-refractivity contribution in [3.8, 4) is 0 Å². The van der Waals surface area contributed by atoms with Crippen molar-refractivity contribution in [2.45, 2.75) is 34.0 Å². The molecule has 108 valence electrons. The highest BCUT2D eigenvalue weighted by Crippen LogP contribution is 2.05. The SMILES string of the molecule is CC(=O)N(CC(=O)O)C(=O)OC(C)OC(=O)C(C)C. The lowest BCUT2D eigenvalue weighted by atomic mass is 10.2. The molecule has 0 aromatic carbocycles. The van der Waals surface area contributed by atoms with E-state index in [9.17, 15) is 19.2 Å². The molecule has 19 heavy (non-hydrogen) atoms.